The Hall–Kier alpha value is -0.400. The molecule has 0 unspecified atom stereocenters. The number of aliphatic hydroxyl groups is 1. The first-order valence-corrected chi connectivity index (χ1v) is 5.53. The number of rotatable bonds is 2. The van der Waals surface area contributed by atoms with E-state index in [4.69, 9.17) is 0 Å². The molecule has 0 aromatic heterocycles. The second-order valence-electron chi connectivity index (χ2n) is 4.24. The Morgan fingerprint density at radius 3 is 2.67 bits per heavy atom. The first-order valence-electron chi connectivity index (χ1n) is 5.08. The summed E-state index contributed by atoms with van der Waals surface area (Å²) in [5.41, 5.74) is 0. The number of hydrogen-bond donors (Lipinski definition) is 2. The number of carbonyl (C=O) groups is 1. The van der Waals surface area contributed by atoms with E-state index in [0.29, 0.717) is 12.8 Å². The van der Waals surface area contributed by atoms with E-state index in [1.165, 1.54) is 0 Å². The van der Waals surface area contributed by atoms with E-state index in [1.807, 2.05) is 0 Å². The summed E-state index contributed by atoms with van der Waals surface area (Å²) in [6, 6.07) is 0.0974. The summed E-state index contributed by atoms with van der Waals surface area (Å²) in [5, 5.41) is 12.6. The van der Waals surface area contributed by atoms with Crippen molar-refractivity contribution in [3.05, 3.63) is 0 Å². The third-order valence-corrected chi connectivity index (χ3v) is 2.87. The molecule has 1 rings (SSSR count). The van der Waals surface area contributed by atoms with Crippen LogP contribution >= 0.6 is 8.70 Å². The van der Waals surface area contributed by atoms with Gasteiger partial charge in [0, 0.05) is 0 Å². The summed E-state index contributed by atoms with van der Waals surface area (Å²) < 4.78 is 0. The van der Waals surface area contributed by atoms with Crippen LogP contribution in [0, 0.1) is 11.7 Å². The molecule has 0 bridgehead atoms. The quantitative estimate of drug-likeness (QED) is 0.535. The summed E-state index contributed by atoms with van der Waals surface area (Å²) in [4.78, 5) is 13.3. The van der Waals surface area contributed by atoms with Crippen molar-refractivity contribution < 1.29 is 9.90 Å². The maximum atomic E-state index is 11.7. The van der Waals surface area contributed by atoms with Gasteiger partial charge in [0.25, 0.3) is 0 Å². The zero-order valence-corrected chi connectivity index (χ0v) is 10.00. The Bertz CT molecular complexity index is 275. The third-order valence-electron chi connectivity index (χ3n) is 2.74. The summed E-state index contributed by atoms with van der Waals surface area (Å²) in [6.07, 6.45) is 1.54. The normalized spacial score (nSPS) is 30.7. The molecule has 4 nitrogen and oxygen atoms in total. The fourth-order valence-corrected chi connectivity index (χ4v) is 2.25. The Labute approximate surface area is 92.5 Å². The summed E-state index contributed by atoms with van der Waals surface area (Å²) in [7, 11) is 7.32. The van der Waals surface area contributed by atoms with Crippen LogP contribution in [0.4, 0.5) is 0 Å². The molecule has 1 amide bonds. The standard InChI is InChI=1S/C10H17N2O2P/c1-12(2)10(14)7-3-8(11-6-15)5-9(13)4-7/h7-9,11,13H,3-5H2,1-2H3/t7-,8+,9-/m1/s1. The summed E-state index contributed by atoms with van der Waals surface area (Å²) in [6.45, 7) is 0. The number of hydrogen-bond acceptors (Lipinski definition) is 3. The van der Waals surface area contributed by atoms with Crippen LogP contribution in [0.2, 0.25) is 0 Å². The van der Waals surface area contributed by atoms with E-state index >= 15 is 0 Å². The molecule has 0 aromatic rings. The molecule has 1 fully saturated rings. The Morgan fingerprint density at radius 2 is 2.13 bits per heavy atom. The van der Waals surface area contributed by atoms with Crippen LogP contribution in [0.25, 0.3) is 0 Å². The topological polar surface area (TPSA) is 52.6 Å². The van der Waals surface area contributed by atoms with E-state index in [1.54, 1.807) is 19.0 Å². The van der Waals surface area contributed by atoms with Crippen molar-refractivity contribution in [1.29, 1.82) is 0 Å². The first kappa shape index (κ1) is 12.7. The van der Waals surface area contributed by atoms with Crippen LogP contribution in [0.1, 0.15) is 19.3 Å². The number of aliphatic hydroxyl groups excluding tert-OH is 1. The molecular formula is C10H17N2O2P. The summed E-state index contributed by atoms with van der Waals surface area (Å²) in [5.74, 6) is 2.54. The van der Waals surface area contributed by atoms with Crippen LogP contribution in [-0.2, 0) is 4.79 Å². The molecule has 0 aromatic carbocycles. The maximum absolute atomic E-state index is 11.7. The zero-order chi connectivity index (χ0) is 11.4. The second-order valence-corrected chi connectivity index (χ2v) is 4.47. The fourth-order valence-electron chi connectivity index (χ4n) is 2.06. The van der Waals surface area contributed by atoms with Gasteiger partial charge in [-0.1, -0.05) is 0 Å². The van der Waals surface area contributed by atoms with Gasteiger partial charge in [0.1, 0.15) is 0 Å². The Morgan fingerprint density at radius 1 is 1.47 bits per heavy atom. The molecule has 84 valence electrons. The number of carbonyl (C=O) groups excluding carboxylic acids is 1. The van der Waals surface area contributed by atoms with Gasteiger partial charge in [0.15, 0.2) is 0 Å². The van der Waals surface area contributed by atoms with Gasteiger partial charge in [-0.25, -0.2) is 0 Å². The zero-order valence-electron chi connectivity index (χ0n) is 9.10. The van der Waals surface area contributed by atoms with Gasteiger partial charge in [0.2, 0.25) is 0 Å². The van der Waals surface area contributed by atoms with E-state index in [9.17, 15) is 9.90 Å². The minimum absolute atomic E-state index is 0.0831. The van der Waals surface area contributed by atoms with Crippen molar-refractivity contribution in [1.82, 2.24) is 10.2 Å². The Kier molecular flexibility index (Phi) is 4.75. The van der Waals surface area contributed by atoms with E-state index in [2.05, 4.69) is 19.8 Å². The van der Waals surface area contributed by atoms with E-state index in [-0.39, 0.29) is 17.9 Å². The minimum atomic E-state index is -0.410. The van der Waals surface area contributed by atoms with Crippen molar-refractivity contribution in [2.24, 2.45) is 5.92 Å². The molecule has 5 heteroatoms. The predicted octanol–water partition coefficient (Wildman–Crippen LogP) is 0.521. The van der Waals surface area contributed by atoms with Crippen LogP contribution in [-0.4, -0.2) is 42.2 Å². The molecular weight excluding hydrogens is 211 g/mol. The monoisotopic (exact) mass is 228 g/mol. The van der Waals surface area contributed by atoms with E-state index < -0.39 is 6.10 Å². The number of nitrogens with zero attached hydrogens (tertiary/aromatic N) is 1. The van der Waals surface area contributed by atoms with E-state index in [0.717, 1.165) is 6.42 Å². The Balaban J connectivity index is 2.59. The molecule has 0 spiro atoms. The molecule has 0 heterocycles. The van der Waals surface area contributed by atoms with Crippen molar-refractivity contribution in [3.8, 4) is 5.75 Å². The number of amides is 1. The average molecular weight is 228 g/mol. The van der Waals surface area contributed by atoms with Crippen molar-refractivity contribution in [2.75, 3.05) is 14.1 Å². The van der Waals surface area contributed by atoms with Crippen LogP contribution in [0.5, 0.6) is 0 Å². The van der Waals surface area contributed by atoms with Gasteiger partial charge in [-0.05, 0) is 0 Å². The number of nitrogens with one attached hydrogen (secondary N) is 1. The van der Waals surface area contributed by atoms with Gasteiger partial charge in [0.05, 0.1) is 0 Å². The van der Waals surface area contributed by atoms with Crippen molar-refractivity contribution in [2.45, 2.75) is 31.4 Å². The van der Waals surface area contributed by atoms with Crippen LogP contribution in [0.3, 0.4) is 0 Å². The van der Waals surface area contributed by atoms with Gasteiger partial charge >= 0.3 is 91.9 Å². The average Bonchev–Trinajstić information content (AvgIpc) is 2.16. The summed E-state index contributed by atoms with van der Waals surface area (Å²) >= 11 is 0. The molecule has 1 aliphatic carbocycles. The molecule has 15 heavy (non-hydrogen) atoms. The van der Waals surface area contributed by atoms with Gasteiger partial charge in [-0.2, -0.15) is 0 Å². The SMILES string of the molecule is CN(C)C(=O)[C@H]1C[C@@H](O)C[C@@H](NC#P)C1. The van der Waals surface area contributed by atoms with Gasteiger partial charge in [-0.3, -0.25) is 0 Å². The molecule has 0 radical (unpaired) electrons. The molecule has 0 aliphatic heterocycles. The van der Waals surface area contributed by atoms with Crippen LogP contribution in [0.15, 0.2) is 0 Å². The molecule has 1 aliphatic rings. The molecule has 2 N–H and O–H groups in total. The van der Waals surface area contributed by atoms with Gasteiger partial charge in [-0.15, -0.1) is 0 Å². The van der Waals surface area contributed by atoms with Crippen LogP contribution < -0.4 is 5.32 Å². The second kappa shape index (κ2) is 5.62. The predicted molar refractivity (Wildman–Crippen MR) is 59.8 cm³/mol. The molecule has 1 saturated carbocycles. The van der Waals surface area contributed by atoms with Crippen molar-refractivity contribution >= 4 is 14.6 Å². The first-order chi connectivity index (χ1) is 7.04. The van der Waals surface area contributed by atoms with Crippen molar-refractivity contribution in [3.63, 3.8) is 0 Å². The van der Waals surface area contributed by atoms with Gasteiger partial charge < -0.3 is 0 Å². The molecule has 3 atom stereocenters. The fraction of sp³-hybridized carbons (Fsp3) is 0.800. The third kappa shape index (κ3) is 3.58. The molecule has 0 saturated heterocycles.